The maximum absolute atomic E-state index is 12.7. The molecular weight excluding hydrogens is 302 g/mol. The first-order valence-electron chi connectivity index (χ1n) is 5.70. The minimum absolute atomic E-state index is 0.0283. The number of halogens is 6. The van der Waals surface area contributed by atoms with Crippen molar-refractivity contribution < 1.29 is 31.1 Å². The number of rotatable bonds is 4. The Morgan fingerprint density at radius 3 is 1.81 bits per heavy atom. The fourth-order valence-corrected chi connectivity index (χ4v) is 1.77. The van der Waals surface area contributed by atoms with Crippen LogP contribution in [0.1, 0.15) is 29.2 Å². The fourth-order valence-electron chi connectivity index (χ4n) is 1.77. The summed E-state index contributed by atoms with van der Waals surface area (Å²) >= 11 is 0. The Morgan fingerprint density at radius 2 is 1.52 bits per heavy atom. The molecule has 0 aliphatic rings. The van der Waals surface area contributed by atoms with Gasteiger partial charge < -0.3 is 11.1 Å². The maximum Gasteiger partial charge on any atom is 0.416 e. The Bertz CT molecular complexity index is 491. The molecule has 0 spiro atoms. The minimum atomic E-state index is -4.93. The van der Waals surface area contributed by atoms with Crippen LogP contribution in [-0.4, -0.2) is 13.0 Å². The van der Waals surface area contributed by atoms with E-state index in [1.807, 2.05) is 0 Å². The molecule has 0 aliphatic carbocycles. The molecule has 21 heavy (non-hydrogen) atoms. The summed E-state index contributed by atoms with van der Waals surface area (Å²) in [6.07, 6.45) is -10.3. The molecule has 1 aromatic carbocycles. The highest BCUT2D eigenvalue weighted by molar-refractivity contribution is 5.74. The normalized spacial score (nSPS) is 14.0. The van der Waals surface area contributed by atoms with E-state index in [0.717, 1.165) is 0 Å². The molecule has 0 fully saturated rings. The van der Waals surface area contributed by atoms with Gasteiger partial charge in [0.1, 0.15) is 0 Å². The zero-order chi connectivity index (χ0) is 16.4. The molecule has 0 heterocycles. The zero-order valence-corrected chi connectivity index (χ0v) is 10.8. The Kier molecular flexibility index (Phi) is 4.87. The highest BCUT2D eigenvalue weighted by Gasteiger charge is 2.37. The number of amides is 1. The van der Waals surface area contributed by atoms with Crippen molar-refractivity contribution in [2.45, 2.75) is 24.8 Å². The van der Waals surface area contributed by atoms with Crippen LogP contribution in [0.15, 0.2) is 18.2 Å². The molecule has 118 valence electrons. The van der Waals surface area contributed by atoms with Gasteiger partial charge in [-0.25, -0.2) is 0 Å². The van der Waals surface area contributed by atoms with E-state index in [1.165, 1.54) is 7.05 Å². The second-order valence-electron chi connectivity index (χ2n) is 4.35. The fraction of sp³-hybridized carbons (Fsp3) is 0.417. The lowest BCUT2D eigenvalue weighted by Crippen LogP contribution is -2.25. The highest BCUT2D eigenvalue weighted by Crippen LogP contribution is 2.37. The molecule has 0 saturated carbocycles. The predicted molar refractivity (Wildman–Crippen MR) is 62.1 cm³/mol. The number of carbonyl (C=O) groups is 1. The SMILES string of the molecule is CNC(CC(N)=O)c1cc(C(F)(F)F)cc(C(F)(F)F)c1. The van der Waals surface area contributed by atoms with E-state index in [0.29, 0.717) is 12.1 Å². The number of primary amides is 1. The van der Waals surface area contributed by atoms with Crippen LogP contribution in [0.2, 0.25) is 0 Å². The van der Waals surface area contributed by atoms with Gasteiger partial charge in [-0.2, -0.15) is 26.3 Å². The minimum Gasteiger partial charge on any atom is -0.370 e. The Labute approximate surface area is 116 Å². The van der Waals surface area contributed by atoms with Gasteiger partial charge in [0.05, 0.1) is 11.1 Å². The number of hydrogen-bond donors (Lipinski definition) is 2. The van der Waals surface area contributed by atoms with Crippen LogP contribution in [0.4, 0.5) is 26.3 Å². The Hall–Kier alpha value is -1.77. The summed E-state index contributed by atoms with van der Waals surface area (Å²) in [6.45, 7) is 0. The summed E-state index contributed by atoms with van der Waals surface area (Å²) in [4.78, 5) is 10.8. The van der Waals surface area contributed by atoms with Gasteiger partial charge in [0.15, 0.2) is 0 Å². The van der Waals surface area contributed by atoms with Crippen LogP contribution >= 0.6 is 0 Å². The van der Waals surface area contributed by atoms with E-state index < -0.39 is 41.8 Å². The Balaban J connectivity index is 3.40. The lowest BCUT2D eigenvalue weighted by atomic mass is 9.97. The summed E-state index contributed by atoms with van der Waals surface area (Å²) in [5.41, 5.74) is 1.76. The summed E-state index contributed by atoms with van der Waals surface area (Å²) in [5.74, 6) is -0.847. The maximum atomic E-state index is 12.7. The van der Waals surface area contributed by atoms with Crippen molar-refractivity contribution in [3.05, 3.63) is 34.9 Å². The van der Waals surface area contributed by atoms with Gasteiger partial charge >= 0.3 is 12.4 Å². The van der Waals surface area contributed by atoms with E-state index in [4.69, 9.17) is 5.73 Å². The molecule has 9 heteroatoms. The summed E-state index contributed by atoms with van der Waals surface area (Å²) in [7, 11) is 1.31. The van der Waals surface area contributed by atoms with Crippen LogP contribution in [0.3, 0.4) is 0 Å². The van der Waals surface area contributed by atoms with Crippen LogP contribution < -0.4 is 11.1 Å². The van der Waals surface area contributed by atoms with Crippen molar-refractivity contribution in [1.82, 2.24) is 5.32 Å². The first kappa shape index (κ1) is 17.3. The largest absolute Gasteiger partial charge is 0.416 e. The van der Waals surface area contributed by atoms with Gasteiger partial charge in [0, 0.05) is 12.5 Å². The molecule has 1 amide bonds. The molecule has 1 rings (SSSR count). The number of nitrogens with two attached hydrogens (primary N) is 1. The molecule has 1 unspecified atom stereocenters. The molecule has 0 bridgehead atoms. The predicted octanol–water partition coefficient (Wildman–Crippen LogP) is 2.86. The molecule has 0 saturated heterocycles. The highest BCUT2D eigenvalue weighted by atomic mass is 19.4. The van der Waals surface area contributed by atoms with Crippen molar-refractivity contribution in [2.24, 2.45) is 5.73 Å². The van der Waals surface area contributed by atoms with Gasteiger partial charge in [0.25, 0.3) is 0 Å². The number of benzene rings is 1. The second kappa shape index (κ2) is 5.92. The lowest BCUT2D eigenvalue weighted by molar-refractivity contribution is -0.143. The van der Waals surface area contributed by atoms with E-state index in [2.05, 4.69) is 5.32 Å². The molecule has 0 radical (unpaired) electrons. The molecule has 3 nitrogen and oxygen atoms in total. The van der Waals surface area contributed by atoms with Gasteiger partial charge in [0.2, 0.25) is 5.91 Å². The van der Waals surface area contributed by atoms with Crippen LogP contribution in [0.25, 0.3) is 0 Å². The van der Waals surface area contributed by atoms with Crippen molar-refractivity contribution in [2.75, 3.05) is 7.05 Å². The molecule has 3 N–H and O–H groups in total. The van der Waals surface area contributed by atoms with E-state index >= 15 is 0 Å². The van der Waals surface area contributed by atoms with Crippen molar-refractivity contribution in [3.63, 3.8) is 0 Å². The van der Waals surface area contributed by atoms with Gasteiger partial charge in [-0.05, 0) is 30.8 Å². The van der Waals surface area contributed by atoms with E-state index in [1.54, 1.807) is 0 Å². The van der Waals surface area contributed by atoms with Gasteiger partial charge in [-0.1, -0.05) is 0 Å². The molecular formula is C12H12F6N2O. The summed E-state index contributed by atoms with van der Waals surface area (Å²) < 4.78 is 76.1. The number of alkyl halides is 6. The molecule has 1 aromatic rings. The van der Waals surface area contributed by atoms with E-state index in [-0.39, 0.29) is 11.6 Å². The summed E-state index contributed by atoms with van der Waals surface area (Å²) in [5, 5.41) is 2.47. The zero-order valence-electron chi connectivity index (χ0n) is 10.8. The molecule has 0 aromatic heterocycles. The number of nitrogens with one attached hydrogen (secondary N) is 1. The van der Waals surface area contributed by atoms with Crippen LogP contribution in [0.5, 0.6) is 0 Å². The first-order valence-corrected chi connectivity index (χ1v) is 5.70. The summed E-state index contributed by atoms with van der Waals surface area (Å²) in [6, 6.07) is 0.130. The third kappa shape index (κ3) is 4.62. The first-order chi connectivity index (χ1) is 9.45. The molecule has 1 atom stereocenters. The van der Waals surface area contributed by atoms with Crippen LogP contribution in [-0.2, 0) is 17.1 Å². The van der Waals surface area contributed by atoms with Gasteiger partial charge in [-0.15, -0.1) is 0 Å². The van der Waals surface area contributed by atoms with Gasteiger partial charge in [-0.3, -0.25) is 4.79 Å². The van der Waals surface area contributed by atoms with Crippen molar-refractivity contribution in [3.8, 4) is 0 Å². The third-order valence-electron chi connectivity index (χ3n) is 2.77. The molecule has 0 aliphatic heterocycles. The lowest BCUT2D eigenvalue weighted by Gasteiger charge is -2.19. The average Bonchev–Trinajstić information content (AvgIpc) is 2.33. The average molecular weight is 314 g/mol. The van der Waals surface area contributed by atoms with Crippen LogP contribution in [0, 0.1) is 0 Å². The number of carbonyl (C=O) groups excluding carboxylic acids is 1. The quantitative estimate of drug-likeness (QED) is 0.840. The van der Waals surface area contributed by atoms with Crippen molar-refractivity contribution >= 4 is 5.91 Å². The topological polar surface area (TPSA) is 55.1 Å². The third-order valence-corrected chi connectivity index (χ3v) is 2.77. The monoisotopic (exact) mass is 314 g/mol. The number of hydrogen-bond acceptors (Lipinski definition) is 2. The smallest absolute Gasteiger partial charge is 0.370 e. The van der Waals surface area contributed by atoms with Crippen molar-refractivity contribution in [1.29, 1.82) is 0 Å². The second-order valence-corrected chi connectivity index (χ2v) is 4.35. The van der Waals surface area contributed by atoms with E-state index in [9.17, 15) is 31.1 Å². The Morgan fingerprint density at radius 1 is 1.10 bits per heavy atom. The standard InChI is InChI=1S/C12H12F6N2O/c1-20-9(5-10(19)21)6-2-7(11(13,14)15)4-8(3-6)12(16,17)18/h2-4,9,20H,5H2,1H3,(H2,19,21).